The maximum atomic E-state index is 9.10. The van der Waals surface area contributed by atoms with Gasteiger partial charge >= 0.3 is 23.9 Å². The van der Waals surface area contributed by atoms with E-state index in [0.29, 0.717) is 0 Å². The van der Waals surface area contributed by atoms with Crippen molar-refractivity contribution in [2.45, 2.75) is 6.92 Å². The highest BCUT2D eigenvalue weighted by atomic mass is 16.4. The van der Waals surface area contributed by atoms with E-state index in [1.807, 2.05) is 0 Å². The zero-order chi connectivity index (χ0) is 26.7. The number of likely N-dealkylation sites (N-methyl/N-ethyl adjacent to an activating group) is 1. The predicted molar refractivity (Wildman–Crippen MR) is 132 cm³/mol. The molecule has 11 nitrogen and oxygen atoms in total. The molecule has 0 radical (unpaired) electrons. The van der Waals surface area contributed by atoms with Gasteiger partial charge in [-0.2, -0.15) is 0 Å². The first-order chi connectivity index (χ1) is 17.1. The zero-order valence-corrected chi connectivity index (χ0v) is 19.6. The number of carboxylic acids is 4. The third-order valence-electron chi connectivity index (χ3n) is 5.30. The molecule has 1 saturated heterocycles. The van der Waals surface area contributed by atoms with Crippen molar-refractivity contribution in [2.24, 2.45) is 0 Å². The lowest BCUT2D eigenvalue weighted by molar-refractivity contribution is -0.159. The van der Waals surface area contributed by atoms with E-state index < -0.39 is 23.9 Å². The van der Waals surface area contributed by atoms with Gasteiger partial charge in [0.2, 0.25) is 0 Å². The summed E-state index contributed by atoms with van der Waals surface area (Å²) in [6.45, 7) is 7.70. The van der Waals surface area contributed by atoms with Crippen molar-refractivity contribution in [2.75, 3.05) is 37.6 Å². The van der Waals surface area contributed by atoms with Gasteiger partial charge in [0.05, 0.1) is 5.52 Å². The molecule has 1 aliphatic rings. The summed E-state index contributed by atoms with van der Waals surface area (Å²) in [5, 5.41) is 30.8. The summed E-state index contributed by atoms with van der Waals surface area (Å²) < 4.78 is 0. The number of carbonyl (C=O) groups is 4. The number of nitrogens with zero attached hydrogens (tertiary/aromatic N) is 3. The number of para-hydroxylation sites is 1. The molecular formula is C25H27N3O8. The maximum absolute atomic E-state index is 9.10. The molecule has 0 atom stereocenters. The van der Waals surface area contributed by atoms with Crippen molar-refractivity contribution in [3.05, 3.63) is 60.7 Å². The second-order valence-corrected chi connectivity index (χ2v) is 7.55. The van der Waals surface area contributed by atoms with Gasteiger partial charge in [0.1, 0.15) is 5.82 Å². The molecule has 36 heavy (non-hydrogen) atoms. The third kappa shape index (κ3) is 8.06. The highest BCUT2D eigenvalue weighted by Gasteiger charge is 2.18. The number of hydrogen-bond acceptors (Lipinski definition) is 7. The van der Waals surface area contributed by atoms with Crippen LogP contribution in [-0.4, -0.2) is 86.9 Å². The largest absolute Gasteiger partial charge is 0.473 e. The van der Waals surface area contributed by atoms with E-state index >= 15 is 0 Å². The third-order valence-corrected chi connectivity index (χ3v) is 5.30. The molecule has 0 amide bonds. The topological polar surface area (TPSA) is 169 Å². The first kappa shape index (κ1) is 27.7. The van der Waals surface area contributed by atoms with Gasteiger partial charge in [-0.1, -0.05) is 55.5 Å². The fraction of sp³-hybridized carbons (Fsp3) is 0.240. The SMILES string of the molecule is CCN1CCN(c2cc(-c3ccccc3)c3ccccc3n2)CC1.O=C(O)C(=O)O.O=C(O)C(=O)O. The molecule has 0 aliphatic carbocycles. The number of benzene rings is 2. The average molecular weight is 498 g/mol. The Morgan fingerprint density at radius 2 is 1.25 bits per heavy atom. The van der Waals surface area contributed by atoms with E-state index in [1.165, 1.54) is 16.5 Å². The minimum Gasteiger partial charge on any atom is -0.473 e. The van der Waals surface area contributed by atoms with Crippen molar-refractivity contribution in [3.8, 4) is 11.1 Å². The molecule has 1 fully saturated rings. The molecule has 4 rings (SSSR count). The van der Waals surface area contributed by atoms with Crippen LogP contribution >= 0.6 is 0 Å². The first-order valence-corrected chi connectivity index (χ1v) is 11.0. The lowest BCUT2D eigenvalue weighted by atomic mass is 10.0. The summed E-state index contributed by atoms with van der Waals surface area (Å²) in [6.07, 6.45) is 0. The standard InChI is InChI=1S/C21H23N3.2C2H2O4/c1-2-23-12-14-24(15-13-23)21-16-19(17-8-4-3-5-9-17)18-10-6-7-11-20(18)22-21;2*3-1(4)2(5)6/h3-11,16H,2,12-15H2,1H3;2*(H,3,4)(H,5,6). The van der Waals surface area contributed by atoms with Gasteiger partial charge < -0.3 is 30.2 Å². The van der Waals surface area contributed by atoms with E-state index in [0.717, 1.165) is 44.1 Å². The van der Waals surface area contributed by atoms with Crippen molar-refractivity contribution >= 4 is 40.6 Å². The summed E-state index contributed by atoms with van der Waals surface area (Å²) >= 11 is 0. The summed E-state index contributed by atoms with van der Waals surface area (Å²) in [7, 11) is 0. The molecule has 11 heteroatoms. The van der Waals surface area contributed by atoms with Gasteiger partial charge in [0, 0.05) is 31.6 Å². The van der Waals surface area contributed by atoms with E-state index in [4.69, 9.17) is 44.6 Å². The summed E-state index contributed by atoms with van der Waals surface area (Å²) in [5.74, 6) is -6.20. The summed E-state index contributed by atoms with van der Waals surface area (Å²) in [5.41, 5.74) is 3.60. The van der Waals surface area contributed by atoms with Crippen LogP contribution in [0.1, 0.15) is 6.92 Å². The number of aromatic nitrogens is 1. The minimum absolute atomic E-state index is 1.05. The molecule has 190 valence electrons. The van der Waals surface area contributed by atoms with Crippen LogP contribution in [0.25, 0.3) is 22.0 Å². The van der Waals surface area contributed by atoms with Crippen molar-refractivity contribution in [1.82, 2.24) is 9.88 Å². The van der Waals surface area contributed by atoms with Gasteiger partial charge in [-0.05, 0) is 29.8 Å². The summed E-state index contributed by atoms with van der Waals surface area (Å²) in [4.78, 5) is 46.3. The van der Waals surface area contributed by atoms with Crippen LogP contribution in [0.4, 0.5) is 5.82 Å². The fourth-order valence-electron chi connectivity index (χ4n) is 3.47. The fourth-order valence-corrected chi connectivity index (χ4v) is 3.47. The Morgan fingerprint density at radius 3 is 1.75 bits per heavy atom. The first-order valence-electron chi connectivity index (χ1n) is 11.0. The smallest absolute Gasteiger partial charge is 0.414 e. The van der Waals surface area contributed by atoms with E-state index in [2.05, 4.69) is 77.4 Å². The number of pyridine rings is 1. The molecular weight excluding hydrogens is 470 g/mol. The lowest BCUT2D eigenvalue weighted by Gasteiger charge is -2.35. The van der Waals surface area contributed by atoms with Gasteiger partial charge in [-0.3, -0.25) is 0 Å². The summed E-state index contributed by atoms with van der Waals surface area (Å²) in [6, 6.07) is 21.3. The lowest BCUT2D eigenvalue weighted by Crippen LogP contribution is -2.46. The van der Waals surface area contributed by atoms with Crippen LogP contribution in [-0.2, 0) is 19.2 Å². The molecule has 1 aromatic heterocycles. The Morgan fingerprint density at radius 1 is 0.750 bits per heavy atom. The maximum Gasteiger partial charge on any atom is 0.414 e. The van der Waals surface area contributed by atoms with Crippen LogP contribution in [0.3, 0.4) is 0 Å². The van der Waals surface area contributed by atoms with Crippen LogP contribution in [0.2, 0.25) is 0 Å². The Kier molecular flexibility index (Phi) is 10.3. The Bertz CT molecular complexity index is 1160. The van der Waals surface area contributed by atoms with Gasteiger partial charge in [-0.15, -0.1) is 0 Å². The number of hydrogen-bond donors (Lipinski definition) is 4. The van der Waals surface area contributed by atoms with Gasteiger partial charge in [0.15, 0.2) is 0 Å². The molecule has 1 aliphatic heterocycles. The molecule has 0 saturated carbocycles. The Hall–Kier alpha value is -4.51. The number of fused-ring (bicyclic) bond motifs is 1. The normalized spacial score (nSPS) is 13.0. The quantitative estimate of drug-likeness (QED) is 0.392. The molecule has 3 aromatic rings. The van der Waals surface area contributed by atoms with E-state index in [1.54, 1.807) is 0 Å². The number of aliphatic carboxylic acids is 4. The molecule has 2 heterocycles. The van der Waals surface area contributed by atoms with Crippen LogP contribution in [0.5, 0.6) is 0 Å². The average Bonchev–Trinajstić information content (AvgIpc) is 2.89. The molecule has 0 unspecified atom stereocenters. The van der Waals surface area contributed by atoms with E-state index in [9.17, 15) is 0 Å². The molecule has 2 aromatic carbocycles. The number of rotatable bonds is 3. The molecule has 4 N–H and O–H groups in total. The van der Waals surface area contributed by atoms with Gasteiger partial charge in [0.25, 0.3) is 0 Å². The van der Waals surface area contributed by atoms with Crippen LogP contribution in [0, 0.1) is 0 Å². The Balaban J connectivity index is 0.000000319. The molecule has 0 bridgehead atoms. The number of piperazine rings is 1. The highest BCUT2D eigenvalue weighted by Crippen LogP contribution is 2.31. The van der Waals surface area contributed by atoms with Crippen LogP contribution < -0.4 is 4.90 Å². The number of anilines is 1. The second kappa shape index (κ2) is 13.4. The monoisotopic (exact) mass is 497 g/mol. The van der Waals surface area contributed by atoms with Crippen molar-refractivity contribution in [3.63, 3.8) is 0 Å². The minimum atomic E-state index is -1.82. The highest BCUT2D eigenvalue weighted by molar-refractivity contribution is 6.27. The number of carboxylic acid groups (broad SMARTS) is 4. The Labute approximate surface area is 206 Å². The second-order valence-electron chi connectivity index (χ2n) is 7.55. The van der Waals surface area contributed by atoms with Crippen LogP contribution in [0.15, 0.2) is 60.7 Å². The predicted octanol–water partition coefficient (Wildman–Crippen LogP) is 2.35. The zero-order valence-electron chi connectivity index (χ0n) is 19.6. The molecule has 0 spiro atoms. The van der Waals surface area contributed by atoms with Gasteiger partial charge in [-0.25, -0.2) is 24.2 Å². The van der Waals surface area contributed by atoms with Crippen molar-refractivity contribution in [1.29, 1.82) is 0 Å². The van der Waals surface area contributed by atoms with E-state index in [-0.39, 0.29) is 0 Å². The van der Waals surface area contributed by atoms with Crippen molar-refractivity contribution < 1.29 is 39.6 Å².